The van der Waals surface area contributed by atoms with E-state index in [0.29, 0.717) is 12.2 Å². The molecule has 2 aromatic rings. The van der Waals surface area contributed by atoms with Crippen LogP contribution in [0.1, 0.15) is 40.4 Å². The van der Waals surface area contributed by atoms with E-state index in [9.17, 15) is 19.7 Å². The SMILES string of the molecule is COc1ccc(C2=CN(C(=O)c3cc(C)c(C)cc3[N+](=O)[O-])[C@H](COC(C)=O)C2)cc1. The summed E-state index contributed by atoms with van der Waals surface area (Å²) in [6.45, 7) is 4.86. The van der Waals surface area contributed by atoms with Gasteiger partial charge in [0.15, 0.2) is 0 Å². The van der Waals surface area contributed by atoms with E-state index in [4.69, 9.17) is 9.47 Å². The molecule has 1 amide bonds. The molecule has 8 heteroatoms. The Morgan fingerprint density at radius 2 is 1.81 bits per heavy atom. The van der Waals surface area contributed by atoms with Crippen LogP contribution in [0.3, 0.4) is 0 Å². The summed E-state index contributed by atoms with van der Waals surface area (Å²) in [6, 6.07) is 9.87. The highest BCUT2D eigenvalue weighted by molar-refractivity contribution is 6.00. The Morgan fingerprint density at radius 1 is 1.16 bits per heavy atom. The minimum atomic E-state index is -0.551. The molecule has 0 bridgehead atoms. The van der Waals surface area contributed by atoms with Crippen molar-refractivity contribution in [2.24, 2.45) is 0 Å². The monoisotopic (exact) mass is 424 g/mol. The molecular formula is C23H24N2O6. The maximum Gasteiger partial charge on any atom is 0.302 e. The first-order valence-electron chi connectivity index (χ1n) is 9.78. The molecule has 1 atom stereocenters. The summed E-state index contributed by atoms with van der Waals surface area (Å²) < 4.78 is 10.3. The maximum absolute atomic E-state index is 13.4. The molecule has 0 aliphatic carbocycles. The average Bonchev–Trinajstić information content (AvgIpc) is 3.17. The third kappa shape index (κ3) is 4.74. The highest BCUT2D eigenvalue weighted by atomic mass is 16.6. The molecule has 31 heavy (non-hydrogen) atoms. The van der Waals surface area contributed by atoms with Crippen LogP contribution >= 0.6 is 0 Å². The Labute approximate surface area is 180 Å². The molecular weight excluding hydrogens is 400 g/mol. The van der Waals surface area contributed by atoms with Crippen LogP contribution in [-0.2, 0) is 9.53 Å². The summed E-state index contributed by atoms with van der Waals surface area (Å²) in [5.74, 6) is -0.254. The number of benzene rings is 2. The quantitative estimate of drug-likeness (QED) is 0.394. The van der Waals surface area contributed by atoms with Gasteiger partial charge in [0.05, 0.1) is 18.1 Å². The molecule has 1 heterocycles. The predicted octanol–water partition coefficient (Wildman–Crippen LogP) is 4.04. The normalized spacial score (nSPS) is 15.4. The van der Waals surface area contributed by atoms with Crippen LogP contribution in [0.2, 0.25) is 0 Å². The van der Waals surface area contributed by atoms with Crippen molar-refractivity contribution in [2.75, 3.05) is 13.7 Å². The first-order chi connectivity index (χ1) is 14.7. The number of methoxy groups -OCH3 is 1. The van der Waals surface area contributed by atoms with Crippen molar-refractivity contribution in [2.45, 2.75) is 33.2 Å². The number of esters is 1. The number of nitrogens with zero attached hydrogens (tertiary/aromatic N) is 2. The fraction of sp³-hybridized carbons (Fsp3) is 0.304. The molecule has 0 spiro atoms. The highest BCUT2D eigenvalue weighted by Crippen LogP contribution is 2.34. The Bertz CT molecular complexity index is 1060. The summed E-state index contributed by atoms with van der Waals surface area (Å²) in [5, 5.41) is 11.6. The predicted molar refractivity (Wildman–Crippen MR) is 115 cm³/mol. The van der Waals surface area contributed by atoms with Crippen molar-refractivity contribution < 1.29 is 24.0 Å². The number of carbonyl (C=O) groups is 2. The third-order valence-corrected chi connectivity index (χ3v) is 5.36. The smallest absolute Gasteiger partial charge is 0.302 e. The van der Waals surface area contributed by atoms with E-state index in [1.807, 2.05) is 24.3 Å². The summed E-state index contributed by atoms with van der Waals surface area (Å²) >= 11 is 0. The molecule has 1 aliphatic rings. The molecule has 1 aliphatic heterocycles. The van der Waals surface area contributed by atoms with Crippen LogP contribution in [0.4, 0.5) is 5.69 Å². The number of ether oxygens (including phenoxy) is 2. The second-order valence-corrected chi connectivity index (χ2v) is 7.47. The van der Waals surface area contributed by atoms with Gasteiger partial charge in [-0.3, -0.25) is 19.7 Å². The first kappa shape index (κ1) is 22.0. The van der Waals surface area contributed by atoms with Crippen LogP contribution in [0.25, 0.3) is 5.57 Å². The lowest BCUT2D eigenvalue weighted by atomic mass is 10.0. The van der Waals surface area contributed by atoms with Crippen molar-refractivity contribution in [1.82, 2.24) is 4.90 Å². The lowest BCUT2D eigenvalue weighted by Crippen LogP contribution is -2.37. The van der Waals surface area contributed by atoms with Gasteiger partial charge in [0.1, 0.15) is 17.9 Å². The second-order valence-electron chi connectivity index (χ2n) is 7.47. The summed E-state index contributed by atoms with van der Waals surface area (Å²) in [7, 11) is 1.58. The van der Waals surface area contributed by atoms with E-state index in [0.717, 1.165) is 22.3 Å². The molecule has 0 saturated heterocycles. The van der Waals surface area contributed by atoms with E-state index in [-0.39, 0.29) is 17.9 Å². The number of nitro groups is 1. The Hall–Kier alpha value is -3.68. The molecule has 0 saturated carbocycles. The summed E-state index contributed by atoms with van der Waals surface area (Å²) in [6.07, 6.45) is 2.13. The van der Waals surface area contributed by atoms with Gasteiger partial charge in [0.2, 0.25) is 0 Å². The fourth-order valence-corrected chi connectivity index (χ4v) is 3.52. The number of aryl methyl sites for hydroxylation is 2. The number of nitro benzene ring substituents is 1. The molecule has 3 rings (SSSR count). The largest absolute Gasteiger partial charge is 0.497 e. The van der Waals surface area contributed by atoms with E-state index in [2.05, 4.69) is 0 Å². The van der Waals surface area contributed by atoms with Crippen LogP contribution in [0.5, 0.6) is 5.75 Å². The van der Waals surface area contributed by atoms with Gasteiger partial charge < -0.3 is 14.4 Å². The van der Waals surface area contributed by atoms with E-state index < -0.39 is 22.8 Å². The van der Waals surface area contributed by atoms with Crippen LogP contribution < -0.4 is 4.74 Å². The van der Waals surface area contributed by atoms with Gasteiger partial charge in [-0.15, -0.1) is 0 Å². The number of rotatable bonds is 6. The van der Waals surface area contributed by atoms with E-state index in [1.165, 1.54) is 24.0 Å². The highest BCUT2D eigenvalue weighted by Gasteiger charge is 2.34. The average molecular weight is 424 g/mol. The van der Waals surface area contributed by atoms with Crippen LogP contribution in [0, 0.1) is 24.0 Å². The lowest BCUT2D eigenvalue weighted by Gasteiger charge is -2.23. The number of hydrogen-bond acceptors (Lipinski definition) is 6. The Kier molecular flexibility index (Phi) is 6.39. The van der Waals surface area contributed by atoms with Crippen molar-refractivity contribution in [3.8, 4) is 5.75 Å². The van der Waals surface area contributed by atoms with Gasteiger partial charge in [-0.25, -0.2) is 0 Å². The zero-order chi connectivity index (χ0) is 22.7. The van der Waals surface area contributed by atoms with Gasteiger partial charge in [-0.2, -0.15) is 0 Å². The second kappa shape index (κ2) is 8.99. The maximum atomic E-state index is 13.4. The van der Waals surface area contributed by atoms with Crippen molar-refractivity contribution in [1.29, 1.82) is 0 Å². The van der Waals surface area contributed by atoms with Crippen LogP contribution in [-0.4, -0.2) is 41.5 Å². The van der Waals surface area contributed by atoms with E-state index in [1.54, 1.807) is 27.2 Å². The van der Waals surface area contributed by atoms with Crippen molar-refractivity contribution in [3.63, 3.8) is 0 Å². The third-order valence-electron chi connectivity index (χ3n) is 5.36. The number of amides is 1. The van der Waals surface area contributed by atoms with Gasteiger partial charge in [0, 0.05) is 19.2 Å². The molecule has 162 valence electrons. The molecule has 0 radical (unpaired) electrons. The van der Waals surface area contributed by atoms with Crippen LogP contribution in [0.15, 0.2) is 42.6 Å². The van der Waals surface area contributed by atoms with Gasteiger partial charge in [-0.05, 0) is 60.7 Å². The lowest BCUT2D eigenvalue weighted by molar-refractivity contribution is -0.385. The van der Waals surface area contributed by atoms with Crippen molar-refractivity contribution in [3.05, 3.63) is 75.0 Å². The minimum Gasteiger partial charge on any atom is -0.497 e. The number of carbonyl (C=O) groups excluding carboxylic acids is 2. The Morgan fingerprint density at radius 3 is 2.39 bits per heavy atom. The Balaban J connectivity index is 2.00. The molecule has 0 fully saturated rings. The van der Waals surface area contributed by atoms with Gasteiger partial charge in [-0.1, -0.05) is 12.1 Å². The molecule has 0 unspecified atom stereocenters. The molecule has 0 N–H and O–H groups in total. The molecule has 8 nitrogen and oxygen atoms in total. The topological polar surface area (TPSA) is 99.0 Å². The standard InChI is InChI=1S/C23H24N2O6/c1-14-9-21(22(25(28)29)10-15(14)2)23(27)24-12-18(11-19(24)13-31-16(3)26)17-5-7-20(30-4)8-6-17/h5-10,12,19H,11,13H2,1-4H3/t19-/m0/s1. The first-order valence-corrected chi connectivity index (χ1v) is 9.78. The van der Waals surface area contributed by atoms with E-state index >= 15 is 0 Å². The molecule has 0 aromatic heterocycles. The summed E-state index contributed by atoms with van der Waals surface area (Å²) in [5.41, 5.74) is 3.02. The zero-order valence-corrected chi connectivity index (χ0v) is 17.9. The number of hydrogen-bond donors (Lipinski definition) is 0. The fourth-order valence-electron chi connectivity index (χ4n) is 3.52. The van der Waals surface area contributed by atoms with Gasteiger partial charge in [0.25, 0.3) is 11.6 Å². The summed E-state index contributed by atoms with van der Waals surface area (Å²) in [4.78, 5) is 37.2. The minimum absolute atomic E-state index is 0.00410. The van der Waals surface area contributed by atoms with Gasteiger partial charge >= 0.3 is 5.97 Å². The zero-order valence-electron chi connectivity index (χ0n) is 17.9. The molecule has 2 aromatic carbocycles. The van der Waals surface area contributed by atoms with Crippen molar-refractivity contribution >= 4 is 23.1 Å².